The van der Waals surface area contributed by atoms with Crippen molar-refractivity contribution in [2.75, 3.05) is 6.54 Å². The van der Waals surface area contributed by atoms with Crippen LogP contribution in [0, 0.1) is 5.41 Å². The molecule has 0 spiro atoms. The first-order valence-corrected chi connectivity index (χ1v) is 13.1. The number of hydrogen-bond donors (Lipinski definition) is 1. The van der Waals surface area contributed by atoms with Crippen LogP contribution in [0.1, 0.15) is 76.1 Å². The van der Waals surface area contributed by atoms with E-state index < -0.39 is 5.60 Å². The number of aromatic nitrogens is 2. The van der Waals surface area contributed by atoms with Crippen LogP contribution in [0.4, 0.5) is 9.59 Å². The molecule has 1 aromatic carbocycles. The molecule has 2 aromatic rings. The van der Waals surface area contributed by atoms with E-state index in [4.69, 9.17) is 14.6 Å². The molecular formula is C28H38N4O4. The topological polar surface area (TPSA) is 85.7 Å². The van der Waals surface area contributed by atoms with Gasteiger partial charge in [0.2, 0.25) is 0 Å². The van der Waals surface area contributed by atoms with Crippen molar-refractivity contribution in [1.29, 1.82) is 0 Å². The molecule has 8 heteroatoms. The largest absolute Gasteiger partial charge is 0.445 e. The van der Waals surface area contributed by atoms with Crippen molar-refractivity contribution in [3.63, 3.8) is 0 Å². The van der Waals surface area contributed by atoms with E-state index in [0.717, 1.165) is 68.3 Å². The second-order valence-corrected chi connectivity index (χ2v) is 11.9. The predicted octanol–water partition coefficient (Wildman–Crippen LogP) is 5.20. The fourth-order valence-corrected chi connectivity index (χ4v) is 5.97. The molecule has 36 heavy (non-hydrogen) atoms. The molecule has 2 heterocycles. The molecule has 1 N–H and O–H groups in total. The molecule has 3 aliphatic carbocycles. The number of amides is 2. The van der Waals surface area contributed by atoms with Crippen molar-refractivity contribution < 1.29 is 19.1 Å². The summed E-state index contributed by atoms with van der Waals surface area (Å²) in [4.78, 5) is 26.8. The smallest absolute Gasteiger partial charge is 0.410 e. The molecule has 8 nitrogen and oxygen atoms in total. The van der Waals surface area contributed by atoms with Gasteiger partial charge in [0.25, 0.3) is 0 Å². The van der Waals surface area contributed by atoms with Crippen molar-refractivity contribution in [2.45, 2.75) is 96.6 Å². The monoisotopic (exact) mass is 494 g/mol. The van der Waals surface area contributed by atoms with Crippen molar-refractivity contribution in [3.8, 4) is 0 Å². The Morgan fingerprint density at radius 2 is 1.75 bits per heavy atom. The highest BCUT2D eigenvalue weighted by atomic mass is 16.6. The number of hydrogen-bond acceptors (Lipinski definition) is 5. The summed E-state index contributed by atoms with van der Waals surface area (Å²) >= 11 is 0. The minimum absolute atomic E-state index is 0.131. The maximum atomic E-state index is 12.6. The maximum Gasteiger partial charge on any atom is 0.410 e. The fourth-order valence-electron chi connectivity index (χ4n) is 5.97. The zero-order valence-electron chi connectivity index (χ0n) is 21.7. The molecule has 3 saturated carbocycles. The Kier molecular flexibility index (Phi) is 6.47. The summed E-state index contributed by atoms with van der Waals surface area (Å²) in [5.74, 6) is 0. The van der Waals surface area contributed by atoms with Crippen LogP contribution in [0.5, 0.6) is 0 Å². The van der Waals surface area contributed by atoms with E-state index >= 15 is 0 Å². The number of nitrogens with one attached hydrogen (secondary N) is 1. The molecule has 4 aliphatic rings. The number of alkyl carbamates (subject to hydrolysis) is 1. The number of ether oxygens (including phenoxy) is 2. The van der Waals surface area contributed by atoms with Gasteiger partial charge in [-0.15, -0.1) is 0 Å². The summed E-state index contributed by atoms with van der Waals surface area (Å²) in [6, 6.07) is 9.76. The molecule has 6 rings (SSSR count). The lowest BCUT2D eigenvalue weighted by Gasteiger charge is -2.53. The highest BCUT2D eigenvalue weighted by Crippen LogP contribution is 2.53. The molecule has 1 aromatic heterocycles. The summed E-state index contributed by atoms with van der Waals surface area (Å²) in [7, 11) is 0. The lowest BCUT2D eigenvalue weighted by Crippen LogP contribution is -2.58. The molecule has 0 radical (unpaired) electrons. The van der Waals surface area contributed by atoms with E-state index in [1.165, 1.54) is 0 Å². The van der Waals surface area contributed by atoms with Crippen LogP contribution in [-0.4, -0.2) is 44.6 Å². The van der Waals surface area contributed by atoms with Crippen molar-refractivity contribution >= 4 is 12.2 Å². The third kappa shape index (κ3) is 5.52. The minimum Gasteiger partial charge on any atom is -0.445 e. The molecule has 0 atom stereocenters. The van der Waals surface area contributed by atoms with Gasteiger partial charge in [0.15, 0.2) is 0 Å². The molecular weight excluding hydrogens is 456 g/mol. The summed E-state index contributed by atoms with van der Waals surface area (Å²) in [6.07, 6.45) is 8.46. The third-order valence-electron chi connectivity index (χ3n) is 8.03. The Bertz CT molecular complexity index is 1080. The van der Waals surface area contributed by atoms with Crippen molar-refractivity contribution in [3.05, 3.63) is 53.3 Å². The minimum atomic E-state index is -0.485. The van der Waals surface area contributed by atoms with Crippen LogP contribution in [-0.2, 0) is 35.6 Å². The number of carbonyl (C=O) groups is 2. The first-order chi connectivity index (χ1) is 17.1. The molecule has 1 aliphatic heterocycles. The van der Waals surface area contributed by atoms with Gasteiger partial charge in [0, 0.05) is 36.8 Å². The Hall–Kier alpha value is -3.03. The van der Waals surface area contributed by atoms with Gasteiger partial charge in [-0.2, -0.15) is 5.10 Å². The average molecular weight is 495 g/mol. The van der Waals surface area contributed by atoms with Crippen molar-refractivity contribution in [1.82, 2.24) is 20.0 Å². The van der Waals surface area contributed by atoms with Gasteiger partial charge in [-0.3, -0.25) is 4.68 Å². The standard InChI is InChI=1S/C28H38N4O4/c1-26(2,3)36-24(33)29-28-13-10-27(11-14-28,12-15-28)20-32-18-22-17-31(16-9-23(22)30-32)25(34)35-19-21-7-5-4-6-8-21/h4-8,18H,9-17,19-20H2,1-3H3,(H,29,33). The number of nitrogens with zero attached hydrogens (tertiary/aromatic N) is 3. The predicted molar refractivity (Wildman–Crippen MR) is 135 cm³/mol. The molecule has 3 fully saturated rings. The zero-order valence-corrected chi connectivity index (χ0v) is 21.7. The summed E-state index contributed by atoms with van der Waals surface area (Å²) in [5, 5.41) is 8.10. The van der Waals surface area contributed by atoms with E-state index in [0.29, 0.717) is 13.1 Å². The van der Waals surface area contributed by atoms with Gasteiger partial charge in [-0.25, -0.2) is 9.59 Å². The number of benzene rings is 1. The van der Waals surface area contributed by atoms with Gasteiger partial charge >= 0.3 is 12.2 Å². The first-order valence-electron chi connectivity index (χ1n) is 13.1. The van der Waals surface area contributed by atoms with E-state index in [-0.39, 0.29) is 29.7 Å². The van der Waals surface area contributed by atoms with Crippen LogP contribution >= 0.6 is 0 Å². The molecule has 0 saturated heterocycles. The van der Waals surface area contributed by atoms with E-state index in [2.05, 4.69) is 16.2 Å². The van der Waals surface area contributed by atoms with Gasteiger partial charge in [-0.1, -0.05) is 30.3 Å². The van der Waals surface area contributed by atoms with E-state index in [1.807, 2.05) is 51.1 Å². The fraction of sp³-hybridized carbons (Fsp3) is 0.607. The number of carbonyl (C=O) groups excluding carboxylic acids is 2. The summed E-state index contributed by atoms with van der Waals surface area (Å²) < 4.78 is 13.1. The SMILES string of the molecule is CC(C)(C)OC(=O)NC12CCC(Cn3cc4c(n3)CCN(C(=O)OCc3ccccc3)C4)(CC1)CC2. The van der Waals surface area contributed by atoms with Gasteiger partial charge in [-0.05, 0) is 70.3 Å². The number of rotatable bonds is 5. The molecule has 194 valence electrons. The Balaban J connectivity index is 1.15. The van der Waals surface area contributed by atoms with Crippen LogP contribution in [0.15, 0.2) is 36.5 Å². The van der Waals surface area contributed by atoms with Gasteiger partial charge in [0.05, 0.1) is 12.2 Å². The highest BCUT2D eigenvalue weighted by Gasteiger charge is 2.50. The lowest BCUT2D eigenvalue weighted by molar-refractivity contribution is -0.00483. The highest BCUT2D eigenvalue weighted by molar-refractivity contribution is 5.69. The molecule has 2 amide bonds. The van der Waals surface area contributed by atoms with Crippen LogP contribution in [0.2, 0.25) is 0 Å². The number of fused-ring (bicyclic) bond motifs is 4. The lowest BCUT2D eigenvalue weighted by atomic mass is 9.57. The zero-order chi connectivity index (χ0) is 25.4. The maximum absolute atomic E-state index is 12.6. The van der Waals surface area contributed by atoms with Crippen LogP contribution in [0.25, 0.3) is 0 Å². The molecule has 0 unspecified atom stereocenters. The van der Waals surface area contributed by atoms with Gasteiger partial charge in [0.1, 0.15) is 12.2 Å². The Morgan fingerprint density at radius 3 is 2.42 bits per heavy atom. The van der Waals surface area contributed by atoms with Crippen LogP contribution < -0.4 is 5.32 Å². The summed E-state index contributed by atoms with van der Waals surface area (Å²) in [5.41, 5.74) is 2.80. The van der Waals surface area contributed by atoms with Gasteiger partial charge < -0.3 is 19.7 Å². The van der Waals surface area contributed by atoms with Crippen molar-refractivity contribution in [2.24, 2.45) is 5.41 Å². The Morgan fingerprint density at radius 1 is 1.06 bits per heavy atom. The normalized spacial score (nSPS) is 25.2. The first kappa shape index (κ1) is 24.7. The molecule has 2 bridgehead atoms. The second kappa shape index (κ2) is 9.45. The second-order valence-electron chi connectivity index (χ2n) is 11.9. The quantitative estimate of drug-likeness (QED) is 0.618. The van der Waals surface area contributed by atoms with Crippen LogP contribution in [0.3, 0.4) is 0 Å². The summed E-state index contributed by atoms with van der Waals surface area (Å²) in [6.45, 7) is 8.03. The van der Waals surface area contributed by atoms with E-state index in [9.17, 15) is 9.59 Å². The Labute approximate surface area is 213 Å². The average Bonchev–Trinajstić information content (AvgIpc) is 3.24. The third-order valence-corrected chi connectivity index (χ3v) is 8.03. The van der Waals surface area contributed by atoms with E-state index in [1.54, 1.807) is 4.90 Å².